The molecule has 1 amide bonds. The second kappa shape index (κ2) is 14.5. The Labute approximate surface area is 226 Å². The minimum Gasteiger partial charge on any atom is -0.480 e. The van der Waals surface area contributed by atoms with Gasteiger partial charge in [0.1, 0.15) is 6.04 Å². The first-order chi connectivity index (χ1) is 17.8. The van der Waals surface area contributed by atoms with Crippen LogP contribution in [0.1, 0.15) is 21.5 Å². The van der Waals surface area contributed by atoms with Gasteiger partial charge in [-0.25, -0.2) is 4.79 Å². The van der Waals surface area contributed by atoms with Gasteiger partial charge in [0.15, 0.2) is 0 Å². The lowest BCUT2D eigenvalue weighted by atomic mass is 10.00. The predicted octanol–water partition coefficient (Wildman–Crippen LogP) is 4.99. The molecule has 0 aliphatic rings. The molecule has 0 saturated heterocycles. The molecular weight excluding hydrogens is 504 g/mol. The van der Waals surface area contributed by atoms with Crippen molar-refractivity contribution in [2.75, 3.05) is 30.5 Å². The summed E-state index contributed by atoms with van der Waals surface area (Å²) < 4.78 is 0. The van der Waals surface area contributed by atoms with E-state index in [0.717, 1.165) is 28.6 Å². The fourth-order valence-corrected chi connectivity index (χ4v) is 5.54. The van der Waals surface area contributed by atoms with Crippen LogP contribution in [-0.2, 0) is 21.8 Å². The fourth-order valence-electron chi connectivity index (χ4n) is 3.61. The van der Waals surface area contributed by atoms with Crippen LogP contribution in [0.4, 0.5) is 5.69 Å². The van der Waals surface area contributed by atoms with Gasteiger partial charge in [-0.2, -0.15) is 11.8 Å². The zero-order valence-corrected chi connectivity index (χ0v) is 22.6. The van der Waals surface area contributed by atoms with Crippen molar-refractivity contribution in [2.24, 2.45) is 5.92 Å². The molecule has 3 rings (SSSR count). The Morgan fingerprint density at radius 3 is 2.05 bits per heavy atom. The van der Waals surface area contributed by atoms with Gasteiger partial charge in [-0.05, 0) is 29.7 Å². The Morgan fingerprint density at radius 1 is 0.838 bits per heavy atom. The van der Waals surface area contributed by atoms with Gasteiger partial charge in [0, 0.05) is 42.6 Å². The summed E-state index contributed by atoms with van der Waals surface area (Å²) in [4.78, 5) is 39.8. The molecule has 3 aromatic rings. The number of nitrogens with one attached hydrogen (secondary N) is 1. The second-order valence-electron chi connectivity index (χ2n) is 8.83. The Morgan fingerprint density at radius 2 is 1.46 bits per heavy atom. The number of carbonyl (C=O) groups is 3. The van der Waals surface area contributed by atoms with E-state index in [1.54, 1.807) is 24.3 Å². The summed E-state index contributed by atoms with van der Waals surface area (Å²) in [7, 11) is 3.95. The average Bonchev–Trinajstić information content (AvgIpc) is 2.91. The van der Waals surface area contributed by atoms with Crippen molar-refractivity contribution in [3.63, 3.8) is 0 Å². The van der Waals surface area contributed by atoms with E-state index in [9.17, 15) is 19.5 Å². The van der Waals surface area contributed by atoms with Crippen molar-refractivity contribution in [1.29, 1.82) is 0 Å². The SMILES string of the molecule is CN(C)c1ccc(CSCC(NC(=O)C(CSC(=O)c2ccccc2)Cc2ccccc2)C(=O)O)cc1. The van der Waals surface area contributed by atoms with E-state index in [1.807, 2.05) is 79.7 Å². The predicted molar refractivity (Wildman–Crippen MR) is 153 cm³/mol. The number of anilines is 1. The lowest BCUT2D eigenvalue weighted by Gasteiger charge is -2.20. The number of aliphatic carboxylic acids is 1. The lowest BCUT2D eigenvalue weighted by Crippen LogP contribution is -2.46. The third-order valence-corrected chi connectivity index (χ3v) is 7.91. The van der Waals surface area contributed by atoms with Crippen LogP contribution in [0.2, 0.25) is 0 Å². The van der Waals surface area contributed by atoms with E-state index in [-0.39, 0.29) is 22.5 Å². The molecule has 8 heteroatoms. The van der Waals surface area contributed by atoms with Crippen molar-refractivity contribution >= 4 is 46.2 Å². The highest BCUT2D eigenvalue weighted by Gasteiger charge is 2.26. The fraction of sp³-hybridized carbons (Fsp3) is 0.276. The van der Waals surface area contributed by atoms with E-state index >= 15 is 0 Å². The van der Waals surface area contributed by atoms with Crippen LogP contribution in [0.3, 0.4) is 0 Å². The summed E-state index contributed by atoms with van der Waals surface area (Å²) in [6.45, 7) is 0. The van der Waals surface area contributed by atoms with Gasteiger partial charge >= 0.3 is 5.97 Å². The van der Waals surface area contributed by atoms with Crippen molar-refractivity contribution in [3.8, 4) is 0 Å². The molecule has 0 bridgehead atoms. The molecule has 0 aliphatic heterocycles. The average molecular weight is 537 g/mol. The molecule has 2 N–H and O–H groups in total. The third kappa shape index (κ3) is 9.30. The number of hydrogen-bond donors (Lipinski definition) is 2. The van der Waals surface area contributed by atoms with E-state index in [0.29, 0.717) is 17.7 Å². The maximum absolute atomic E-state index is 13.2. The van der Waals surface area contributed by atoms with Crippen LogP contribution >= 0.6 is 23.5 Å². The van der Waals surface area contributed by atoms with Gasteiger partial charge in [-0.3, -0.25) is 9.59 Å². The summed E-state index contributed by atoms with van der Waals surface area (Å²) in [5, 5.41) is 12.4. The summed E-state index contributed by atoms with van der Waals surface area (Å²) in [5.74, 6) is -0.847. The van der Waals surface area contributed by atoms with E-state index in [2.05, 4.69) is 5.32 Å². The first kappa shape index (κ1) is 28.3. The lowest BCUT2D eigenvalue weighted by molar-refractivity contribution is -0.141. The van der Waals surface area contributed by atoms with Gasteiger partial charge in [0.25, 0.3) is 0 Å². The van der Waals surface area contributed by atoms with Crippen molar-refractivity contribution in [2.45, 2.75) is 18.2 Å². The zero-order valence-electron chi connectivity index (χ0n) is 21.0. The Hall–Kier alpha value is -3.23. The van der Waals surface area contributed by atoms with Crippen LogP contribution in [-0.4, -0.2) is 53.7 Å². The molecule has 0 heterocycles. The minimum absolute atomic E-state index is 0.114. The molecule has 0 radical (unpaired) electrons. The number of benzene rings is 3. The van der Waals surface area contributed by atoms with Gasteiger partial charge in [0.2, 0.25) is 11.0 Å². The van der Waals surface area contributed by atoms with Gasteiger partial charge in [-0.15, -0.1) is 0 Å². The molecule has 0 aromatic heterocycles. The van der Waals surface area contributed by atoms with Crippen molar-refractivity contribution < 1.29 is 19.5 Å². The van der Waals surface area contributed by atoms with Crippen LogP contribution in [0.5, 0.6) is 0 Å². The maximum atomic E-state index is 13.2. The minimum atomic E-state index is -1.07. The molecule has 6 nitrogen and oxygen atoms in total. The monoisotopic (exact) mass is 536 g/mol. The molecule has 0 saturated carbocycles. The molecule has 37 heavy (non-hydrogen) atoms. The van der Waals surface area contributed by atoms with Crippen LogP contribution in [0.15, 0.2) is 84.9 Å². The van der Waals surface area contributed by atoms with E-state index in [4.69, 9.17) is 0 Å². The summed E-state index contributed by atoms with van der Waals surface area (Å²) in [6.07, 6.45) is 0.416. The van der Waals surface area contributed by atoms with E-state index in [1.165, 1.54) is 11.8 Å². The summed E-state index contributed by atoms with van der Waals surface area (Å²) in [6, 6.07) is 25.5. The van der Waals surface area contributed by atoms with Crippen LogP contribution in [0, 0.1) is 5.92 Å². The number of amides is 1. The maximum Gasteiger partial charge on any atom is 0.327 e. The highest BCUT2D eigenvalue weighted by molar-refractivity contribution is 8.14. The highest BCUT2D eigenvalue weighted by atomic mass is 32.2. The Balaban J connectivity index is 1.61. The normalized spacial score (nSPS) is 12.4. The summed E-state index contributed by atoms with van der Waals surface area (Å²) >= 11 is 2.54. The summed E-state index contributed by atoms with van der Waals surface area (Å²) in [5.41, 5.74) is 3.71. The zero-order chi connectivity index (χ0) is 26.6. The highest BCUT2D eigenvalue weighted by Crippen LogP contribution is 2.21. The van der Waals surface area contributed by atoms with Crippen molar-refractivity contribution in [3.05, 3.63) is 102 Å². The number of hydrogen-bond acceptors (Lipinski definition) is 6. The Kier molecular flexibility index (Phi) is 11.1. The second-order valence-corrected chi connectivity index (χ2v) is 10.8. The molecule has 0 aliphatic carbocycles. The number of carbonyl (C=O) groups excluding carboxylic acids is 2. The first-order valence-electron chi connectivity index (χ1n) is 12.0. The van der Waals surface area contributed by atoms with E-state index < -0.39 is 17.9 Å². The van der Waals surface area contributed by atoms with Gasteiger partial charge in [0.05, 0.1) is 5.92 Å². The molecule has 194 valence electrons. The molecule has 2 atom stereocenters. The quantitative estimate of drug-likeness (QED) is 0.318. The third-order valence-electron chi connectivity index (χ3n) is 5.74. The first-order valence-corrected chi connectivity index (χ1v) is 14.1. The number of carboxylic acids is 1. The number of carboxylic acid groups (broad SMARTS) is 1. The number of rotatable bonds is 13. The van der Waals surface area contributed by atoms with Crippen LogP contribution in [0.25, 0.3) is 0 Å². The molecule has 2 unspecified atom stereocenters. The number of thioether (sulfide) groups is 2. The molecular formula is C29H32N2O4S2. The molecule has 3 aromatic carbocycles. The van der Waals surface area contributed by atoms with Crippen LogP contribution < -0.4 is 10.2 Å². The molecule has 0 spiro atoms. The number of nitrogens with zero attached hydrogens (tertiary/aromatic N) is 1. The van der Waals surface area contributed by atoms with Crippen molar-refractivity contribution in [1.82, 2.24) is 5.32 Å². The molecule has 0 fully saturated rings. The standard InChI is InChI=1S/C29H32N2O4S2/c1-31(2)25-15-13-22(14-16-25)18-36-20-26(28(33)34)30-27(32)24(17-21-9-5-3-6-10-21)19-37-29(35)23-11-7-4-8-12-23/h3-16,24,26H,17-20H2,1-2H3,(H,30,32)(H,33,34). The topological polar surface area (TPSA) is 86.7 Å². The smallest absolute Gasteiger partial charge is 0.327 e. The largest absolute Gasteiger partial charge is 0.480 e. The van der Waals surface area contributed by atoms with Gasteiger partial charge < -0.3 is 15.3 Å². The van der Waals surface area contributed by atoms with Gasteiger partial charge in [-0.1, -0.05) is 84.6 Å². The Bertz CT molecular complexity index is 1160.